The highest BCUT2D eigenvalue weighted by molar-refractivity contribution is 5.83. The molecule has 0 bridgehead atoms. The minimum atomic E-state index is -1.17. The third-order valence-electron chi connectivity index (χ3n) is 5.16. The smallest absolute Gasteiger partial charge is 0.0786 e. The quantitative estimate of drug-likeness (QED) is 0.313. The maximum atomic E-state index is 9.97. The molecule has 160 valence electrons. The van der Waals surface area contributed by atoms with Gasteiger partial charge in [-0.2, -0.15) is 0 Å². The molecule has 0 aliphatic rings. The molecular formula is C25H43NO2. The number of carbonyl (C=O) groups excluding carboxylic acids is 1. The molecule has 0 N–H and O–H groups in total. The fourth-order valence-electron chi connectivity index (χ4n) is 3.37. The highest BCUT2D eigenvalue weighted by Crippen LogP contribution is 2.16. The van der Waals surface area contributed by atoms with Crippen LogP contribution in [0.5, 0.6) is 0 Å². The van der Waals surface area contributed by atoms with Gasteiger partial charge in [-0.25, -0.2) is 0 Å². The SMILES string of the molecule is CCCC[N+](CCCC)(CCCC)CCCC.O=C([O-])C=Cc1ccccc1. The van der Waals surface area contributed by atoms with E-state index in [0.29, 0.717) is 0 Å². The lowest BCUT2D eigenvalue weighted by molar-refractivity contribution is -0.929. The van der Waals surface area contributed by atoms with Gasteiger partial charge in [0.2, 0.25) is 0 Å². The van der Waals surface area contributed by atoms with E-state index in [1.54, 1.807) is 0 Å². The van der Waals surface area contributed by atoms with Gasteiger partial charge in [0.25, 0.3) is 0 Å². The second-order valence-corrected chi connectivity index (χ2v) is 7.71. The zero-order chi connectivity index (χ0) is 21.1. The monoisotopic (exact) mass is 389 g/mol. The molecule has 0 aliphatic carbocycles. The standard InChI is InChI=1S/C16H36N.C9H8O2/c1-5-9-13-17(14-10-6-2,15-11-7-3)16-12-8-4;10-9(11)7-6-8-4-2-1-3-5-8/h5-16H2,1-4H3;1-7H,(H,10,11)/q+1;/p-1. The third-order valence-corrected chi connectivity index (χ3v) is 5.16. The molecule has 28 heavy (non-hydrogen) atoms. The molecule has 0 aliphatic heterocycles. The van der Waals surface area contributed by atoms with Crippen LogP contribution in [0, 0.1) is 0 Å². The molecule has 0 spiro atoms. The van der Waals surface area contributed by atoms with Crippen molar-refractivity contribution in [1.29, 1.82) is 0 Å². The van der Waals surface area contributed by atoms with Gasteiger partial charge in [-0.3, -0.25) is 0 Å². The number of benzene rings is 1. The third kappa shape index (κ3) is 13.5. The summed E-state index contributed by atoms with van der Waals surface area (Å²) in [7, 11) is 0. The van der Waals surface area contributed by atoms with Gasteiger partial charge in [-0.05, 0) is 37.3 Å². The van der Waals surface area contributed by atoms with E-state index in [2.05, 4.69) is 27.7 Å². The molecule has 0 aromatic heterocycles. The lowest BCUT2D eigenvalue weighted by atomic mass is 10.1. The van der Waals surface area contributed by atoms with Gasteiger partial charge in [0.15, 0.2) is 0 Å². The van der Waals surface area contributed by atoms with Gasteiger partial charge in [0, 0.05) is 0 Å². The Hall–Kier alpha value is -1.61. The Bertz CT molecular complexity index is 473. The van der Waals surface area contributed by atoms with Crippen LogP contribution >= 0.6 is 0 Å². The molecule has 3 nitrogen and oxygen atoms in total. The zero-order valence-corrected chi connectivity index (χ0v) is 18.8. The summed E-state index contributed by atoms with van der Waals surface area (Å²) in [5.74, 6) is -1.17. The highest BCUT2D eigenvalue weighted by atomic mass is 16.4. The van der Waals surface area contributed by atoms with E-state index in [1.807, 2.05) is 30.3 Å². The van der Waals surface area contributed by atoms with Crippen LogP contribution in [0.15, 0.2) is 36.4 Å². The molecule has 1 rings (SSSR count). The van der Waals surface area contributed by atoms with Crippen molar-refractivity contribution in [2.24, 2.45) is 0 Å². The van der Waals surface area contributed by atoms with E-state index >= 15 is 0 Å². The van der Waals surface area contributed by atoms with E-state index in [1.165, 1.54) is 88.1 Å². The molecule has 1 aromatic rings. The Morgan fingerprint density at radius 1 is 0.786 bits per heavy atom. The summed E-state index contributed by atoms with van der Waals surface area (Å²) in [6.07, 6.45) is 13.6. The van der Waals surface area contributed by atoms with E-state index < -0.39 is 5.97 Å². The molecule has 0 unspecified atom stereocenters. The highest BCUT2D eigenvalue weighted by Gasteiger charge is 2.24. The minimum absolute atomic E-state index is 0.858. The number of carbonyl (C=O) groups is 1. The number of quaternary nitrogens is 1. The number of carboxylic acid groups (broad SMARTS) is 1. The Kier molecular flexibility index (Phi) is 16.5. The topological polar surface area (TPSA) is 40.1 Å². The summed E-state index contributed by atoms with van der Waals surface area (Å²) in [6.45, 7) is 15.0. The summed E-state index contributed by atoms with van der Waals surface area (Å²) in [5, 5.41) is 9.97. The largest absolute Gasteiger partial charge is 0.545 e. The van der Waals surface area contributed by atoms with Gasteiger partial charge in [0.1, 0.15) is 0 Å². The van der Waals surface area contributed by atoms with Crippen LogP contribution in [0.3, 0.4) is 0 Å². The first kappa shape index (κ1) is 26.4. The van der Waals surface area contributed by atoms with Crippen molar-refractivity contribution < 1.29 is 14.4 Å². The van der Waals surface area contributed by atoms with Crippen molar-refractivity contribution in [3.63, 3.8) is 0 Å². The molecule has 0 saturated carbocycles. The molecule has 0 atom stereocenters. The first-order chi connectivity index (χ1) is 13.5. The summed E-state index contributed by atoms with van der Waals surface area (Å²) < 4.78 is 1.42. The molecule has 0 saturated heterocycles. The van der Waals surface area contributed by atoms with Gasteiger partial charge >= 0.3 is 0 Å². The predicted octanol–water partition coefficient (Wildman–Crippen LogP) is 5.45. The molecule has 0 fully saturated rings. The lowest BCUT2D eigenvalue weighted by Crippen LogP contribution is -2.50. The van der Waals surface area contributed by atoms with Crippen LogP contribution in [0.1, 0.15) is 84.6 Å². The number of hydrogen-bond acceptors (Lipinski definition) is 2. The normalized spacial score (nSPS) is 11.3. The van der Waals surface area contributed by atoms with Crippen LogP contribution in [-0.2, 0) is 4.79 Å². The Labute approximate surface area is 174 Å². The average molecular weight is 390 g/mol. The fourth-order valence-corrected chi connectivity index (χ4v) is 3.37. The second-order valence-electron chi connectivity index (χ2n) is 7.71. The van der Waals surface area contributed by atoms with Crippen molar-refractivity contribution in [3.05, 3.63) is 42.0 Å². The summed E-state index contributed by atoms with van der Waals surface area (Å²) >= 11 is 0. The van der Waals surface area contributed by atoms with Crippen molar-refractivity contribution >= 4 is 12.0 Å². The zero-order valence-electron chi connectivity index (χ0n) is 18.8. The number of nitrogens with zero attached hydrogens (tertiary/aromatic N) is 1. The molecule has 0 heterocycles. The van der Waals surface area contributed by atoms with E-state index in [4.69, 9.17) is 0 Å². The Balaban J connectivity index is 0.000000567. The van der Waals surface area contributed by atoms with E-state index in [0.717, 1.165) is 11.6 Å². The number of carboxylic acids is 1. The van der Waals surface area contributed by atoms with Crippen LogP contribution < -0.4 is 5.11 Å². The summed E-state index contributed by atoms with van der Waals surface area (Å²) in [4.78, 5) is 9.97. The van der Waals surface area contributed by atoms with E-state index in [-0.39, 0.29) is 0 Å². The van der Waals surface area contributed by atoms with Crippen molar-refractivity contribution in [2.45, 2.75) is 79.1 Å². The maximum absolute atomic E-state index is 9.97. The van der Waals surface area contributed by atoms with Gasteiger partial charge in [-0.1, -0.05) is 89.8 Å². The maximum Gasteiger partial charge on any atom is 0.0786 e. The fraction of sp³-hybridized carbons (Fsp3) is 0.640. The first-order valence-corrected chi connectivity index (χ1v) is 11.3. The molecule has 0 amide bonds. The van der Waals surface area contributed by atoms with Crippen LogP contribution in [-0.4, -0.2) is 36.6 Å². The lowest BCUT2D eigenvalue weighted by Gasteiger charge is -2.39. The Morgan fingerprint density at radius 2 is 1.18 bits per heavy atom. The average Bonchev–Trinajstić information content (AvgIpc) is 2.72. The van der Waals surface area contributed by atoms with Crippen molar-refractivity contribution in [3.8, 4) is 0 Å². The predicted molar refractivity (Wildman–Crippen MR) is 120 cm³/mol. The van der Waals surface area contributed by atoms with Gasteiger partial charge in [-0.15, -0.1) is 0 Å². The van der Waals surface area contributed by atoms with E-state index in [9.17, 15) is 9.90 Å². The van der Waals surface area contributed by atoms with Crippen LogP contribution in [0.25, 0.3) is 6.08 Å². The first-order valence-electron chi connectivity index (χ1n) is 11.3. The minimum Gasteiger partial charge on any atom is -0.545 e. The number of hydrogen-bond donors (Lipinski definition) is 0. The summed E-state index contributed by atoms with van der Waals surface area (Å²) in [5.41, 5.74) is 0.858. The number of rotatable bonds is 14. The summed E-state index contributed by atoms with van der Waals surface area (Å²) in [6, 6.07) is 9.19. The Morgan fingerprint density at radius 3 is 1.50 bits per heavy atom. The molecule has 1 aromatic carbocycles. The van der Waals surface area contributed by atoms with Crippen LogP contribution in [0.2, 0.25) is 0 Å². The van der Waals surface area contributed by atoms with Crippen molar-refractivity contribution in [2.75, 3.05) is 26.2 Å². The molecular weight excluding hydrogens is 346 g/mol. The second kappa shape index (κ2) is 17.5. The van der Waals surface area contributed by atoms with Crippen molar-refractivity contribution in [1.82, 2.24) is 0 Å². The molecule has 0 radical (unpaired) electrons. The van der Waals surface area contributed by atoms with Gasteiger partial charge < -0.3 is 14.4 Å². The number of unbranched alkanes of at least 4 members (excludes halogenated alkanes) is 4. The number of aliphatic carboxylic acids is 1. The van der Waals surface area contributed by atoms with Gasteiger partial charge in [0.05, 0.1) is 32.1 Å². The molecule has 3 heteroatoms. The van der Waals surface area contributed by atoms with Crippen LogP contribution in [0.4, 0.5) is 0 Å².